The van der Waals surface area contributed by atoms with Gasteiger partial charge in [-0.15, -0.1) is 0 Å². The Bertz CT molecular complexity index is 505. The number of aliphatic hydroxyl groups is 1. The van der Waals surface area contributed by atoms with E-state index in [1.807, 2.05) is 29.9 Å². The first-order chi connectivity index (χ1) is 9.58. The third kappa shape index (κ3) is 3.71. The molecule has 0 radical (unpaired) electrons. The van der Waals surface area contributed by atoms with Crippen LogP contribution in [0.5, 0.6) is 0 Å². The third-order valence-electron chi connectivity index (χ3n) is 3.25. The Kier molecular flexibility index (Phi) is 4.98. The average molecular weight is 277 g/mol. The number of hydrogen-bond acceptors (Lipinski definition) is 4. The van der Waals surface area contributed by atoms with Crippen LogP contribution in [0.15, 0.2) is 35.2 Å². The van der Waals surface area contributed by atoms with E-state index >= 15 is 0 Å². The average Bonchev–Trinajstić information content (AvgIpc) is 3.01. The number of imidazole rings is 1. The summed E-state index contributed by atoms with van der Waals surface area (Å²) in [6.45, 7) is 4.72. The molecule has 110 valence electrons. The fourth-order valence-corrected chi connectivity index (χ4v) is 2.31. The number of nitrogens with one attached hydrogen (secondary N) is 1. The van der Waals surface area contributed by atoms with Crippen molar-refractivity contribution in [3.8, 4) is 0 Å². The van der Waals surface area contributed by atoms with Crippen LogP contribution in [0.2, 0.25) is 0 Å². The third-order valence-corrected chi connectivity index (χ3v) is 3.25. The summed E-state index contributed by atoms with van der Waals surface area (Å²) >= 11 is 0. The molecule has 0 saturated heterocycles. The van der Waals surface area contributed by atoms with E-state index in [4.69, 9.17) is 4.42 Å². The van der Waals surface area contributed by atoms with Crippen LogP contribution in [0, 0.1) is 5.92 Å². The molecule has 2 rings (SSSR count). The van der Waals surface area contributed by atoms with Crippen LogP contribution >= 0.6 is 0 Å². The first-order valence-electron chi connectivity index (χ1n) is 7.00. The second kappa shape index (κ2) is 6.72. The maximum absolute atomic E-state index is 10.0. The maximum atomic E-state index is 10.0. The van der Waals surface area contributed by atoms with E-state index in [1.165, 1.54) is 0 Å². The molecule has 0 amide bonds. The van der Waals surface area contributed by atoms with Crippen molar-refractivity contribution in [3.05, 3.63) is 42.4 Å². The van der Waals surface area contributed by atoms with Gasteiger partial charge >= 0.3 is 0 Å². The van der Waals surface area contributed by atoms with Gasteiger partial charge in [-0.3, -0.25) is 5.32 Å². The van der Waals surface area contributed by atoms with Crippen LogP contribution in [0.3, 0.4) is 0 Å². The van der Waals surface area contributed by atoms with Crippen molar-refractivity contribution in [3.63, 3.8) is 0 Å². The molecular weight excluding hydrogens is 254 g/mol. The van der Waals surface area contributed by atoms with Crippen LogP contribution < -0.4 is 5.32 Å². The van der Waals surface area contributed by atoms with E-state index in [9.17, 15) is 5.11 Å². The molecule has 0 aliphatic rings. The molecule has 2 atom stereocenters. The number of aliphatic hydroxyl groups excluding tert-OH is 1. The molecule has 0 fully saturated rings. The fraction of sp³-hybridized carbons (Fsp3) is 0.533. The summed E-state index contributed by atoms with van der Waals surface area (Å²) in [5.74, 6) is 2.15. The zero-order chi connectivity index (χ0) is 14.5. The summed E-state index contributed by atoms with van der Waals surface area (Å²) in [7, 11) is 1.95. The molecule has 20 heavy (non-hydrogen) atoms. The van der Waals surface area contributed by atoms with Crippen molar-refractivity contribution in [2.45, 2.75) is 32.4 Å². The summed E-state index contributed by atoms with van der Waals surface area (Å²) in [5.41, 5.74) is 0. The minimum atomic E-state index is -0.368. The molecule has 0 aromatic carbocycles. The van der Waals surface area contributed by atoms with E-state index in [0.29, 0.717) is 12.5 Å². The van der Waals surface area contributed by atoms with Gasteiger partial charge in [0.1, 0.15) is 17.6 Å². The number of nitrogens with zero attached hydrogens (tertiary/aromatic N) is 2. The van der Waals surface area contributed by atoms with Gasteiger partial charge in [-0.1, -0.05) is 13.8 Å². The predicted molar refractivity (Wildman–Crippen MR) is 77.2 cm³/mol. The number of aromatic nitrogens is 2. The molecular formula is C15H23N3O2. The Labute approximate surface area is 119 Å². The van der Waals surface area contributed by atoms with E-state index in [1.54, 1.807) is 12.5 Å². The highest BCUT2D eigenvalue weighted by Gasteiger charge is 2.21. The van der Waals surface area contributed by atoms with Gasteiger partial charge in [0.05, 0.1) is 12.4 Å². The van der Waals surface area contributed by atoms with Crippen molar-refractivity contribution < 1.29 is 9.52 Å². The van der Waals surface area contributed by atoms with Gasteiger partial charge in [0.2, 0.25) is 0 Å². The monoisotopic (exact) mass is 277 g/mol. The van der Waals surface area contributed by atoms with Crippen molar-refractivity contribution >= 4 is 0 Å². The van der Waals surface area contributed by atoms with E-state index in [-0.39, 0.29) is 12.1 Å². The summed E-state index contributed by atoms with van der Waals surface area (Å²) in [6, 6.07) is 3.63. The minimum absolute atomic E-state index is 0.146. The lowest BCUT2D eigenvalue weighted by Crippen LogP contribution is -2.32. The highest BCUT2D eigenvalue weighted by molar-refractivity contribution is 5.15. The number of furan rings is 1. The van der Waals surface area contributed by atoms with Gasteiger partial charge < -0.3 is 14.1 Å². The Hall–Kier alpha value is -1.59. The lowest BCUT2D eigenvalue weighted by molar-refractivity contribution is 0.142. The van der Waals surface area contributed by atoms with Crippen molar-refractivity contribution in [1.29, 1.82) is 0 Å². The Balaban J connectivity index is 2.07. The zero-order valence-corrected chi connectivity index (χ0v) is 12.3. The molecule has 0 bridgehead atoms. The molecule has 2 N–H and O–H groups in total. The molecule has 2 heterocycles. The molecule has 5 heteroatoms. The predicted octanol–water partition coefficient (Wildman–Crippen LogP) is 2.10. The van der Waals surface area contributed by atoms with E-state index in [0.717, 1.165) is 18.0 Å². The number of rotatable bonds is 7. The largest absolute Gasteiger partial charge is 0.467 e. The number of hydrogen-bond donors (Lipinski definition) is 2. The van der Waals surface area contributed by atoms with Crippen molar-refractivity contribution in [2.75, 3.05) is 6.54 Å². The lowest BCUT2D eigenvalue weighted by atomic mass is 10.1. The van der Waals surface area contributed by atoms with Gasteiger partial charge in [-0.25, -0.2) is 4.98 Å². The Morgan fingerprint density at radius 1 is 1.45 bits per heavy atom. The summed E-state index contributed by atoms with van der Waals surface area (Å²) in [6.07, 6.45) is 5.72. The molecule has 2 aromatic rings. The molecule has 5 nitrogen and oxygen atoms in total. The van der Waals surface area contributed by atoms with Crippen LogP contribution in [-0.4, -0.2) is 27.3 Å². The molecule has 0 aliphatic carbocycles. The van der Waals surface area contributed by atoms with Crippen molar-refractivity contribution in [2.24, 2.45) is 13.0 Å². The first kappa shape index (κ1) is 14.8. The van der Waals surface area contributed by atoms with Crippen LogP contribution in [0.25, 0.3) is 0 Å². The van der Waals surface area contributed by atoms with Crippen LogP contribution in [-0.2, 0) is 7.05 Å². The van der Waals surface area contributed by atoms with Crippen LogP contribution in [0.4, 0.5) is 0 Å². The van der Waals surface area contributed by atoms with E-state index in [2.05, 4.69) is 24.1 Å². The normalized spacial score (nSPS) is 14.7. The Morgan fingerprint density at radius 2 is 2.25 bits per heavy atom. The van der Waals surface area contributed by atoms with Gasteiger partial charge in [0, 0.05) is 26.0 Å². The first-order valence-corrected chi connectivity index (χ1v) is 7.00. The number of aryl methyl sites for hydroxylation is 1. The molecule has 0 saturated carbocycles. The van der Waals surface area contributed by atoms with Crippen molar-refractivity contribution in [1.82, 2.24) is 14.9 Å². The highest BCUT2D eigenvalue weighted by Crippen LogP contribution is 2.21. The molecule has 2 aromatic heterocycles. The second-order valence-corrected chi connectivity index (χ2v) is 5.54. The lowest BCUT2D eigenvalue weighted by Gasteiger charge is -2.20. The topological polar surface area (TPSA) is 63.2 Å². The van der Waals surface area contributed by atoms with Gasteiger partial charge in [0.15, 0.2) is 0 Å². The second-order valence-electron chi connectivity index (χ2n) is 5.54. The smallest absolute Gasteiger partial charge is 0.133 e. The maximum Gasteiger partial charge on any atom is 0.133 e. The highest BCUT2D eigenvalue weighted by atomic mass is 16.3. The van der Waals surface area contributed by atoms with Crippen LogP contribution in [0.1, 0.15) is 37.9 Å². The van der Waals surface area contributed by atoms with E-state index < -0.39 is 0 Å². The standard InChI is InChI=1S/C15H23N3O2/c1-11(2)9-12(19)10-17-14(13-5-4-8-20-13)15-16-6-7-18(15)3/h4-8,11-12,14,17,19H,9-10H2,1-3H3. The minimum Gasteiger partial charge on any atom is -0.467 e. The molecule has 2 unspecified atom stereocenters. The molecule has 0 spiro atoms. The van der Waals surface area contributed by atoms with Gasteiger partial charge in [-0.05, 0) is 24.5 Å². The van der Waals surface area contributed by atoms with Gasteiger partial charge in [-0.2, -0.15) is 0 Å². The SMILES string of the molecule is CC(C)CC(O)CNC(c1ccco1)c1nccn1C. The summed E-state index contributed by atoms with van der Waals surface area (Å²) in [5, 5.41) is 13.4. The summed E-state index contributed by atoms with van der Waals surface area (Å²) < 4.78 is 7.44. The quantitative estimate of drug-likeness (QED) is 0.813. The zero-order valence-electron chi connectivity index (χ0n) is 12.3. The Morgan fingerprint density at radius 3 is 2.80 bits per heavy atom. The summed E-state index contributed by atoms with van der Waals surface area (Å²) in [4.78, 5) is 4.37. The molecule has 0 aliphatic heterocycles. The van der Waals surface area contributed by atoms with Gasteiger partial charge in [0.25, 0.3) is 0 Å². The fourth-order valence-electron chi connectivity index (χ4n) is 2.31.